The summed E-state index contributed by atoms with van der Waals surface area (Å²) < 4.78 is 54.5. The topological polar surface area (TPSA) is 51.9 Å². The molecule has 0 spiro atoms. The number of rotatable bonds is 10. The maximum absolute atomic E-state index is 12.5. The largest absolute Gasteiger partial charge is 0.573 e. The van der Waals surface area contributed by atoms with Crippen LogP contribution in [-0.2, 0) is 17.7 Å². The van der Waals surface area contributed by atoms with Crippen molar-refractivity contribution in [3.05, 3.63) is 95.2 Å². The fraction of sp³-hybridized carbons (Fsp3) is 0.250. The molecule has 1 heterocycles. The molecule has 0 aliphatic rings. The van der Waals surface area contributed by atoms with Gasteiger partial charge in [0.2, 0.25) is 5.76 Å². The van der Waals surface area contributed by atoms with Gasteiger partial charge >= 0.3 is 12.3 Å². The van der Waals surface area contributed by atoms with Crippen LogP contribution in [-0.4, -0.2) is 29.8 Å². The van der Waals surface area contributed by atoms with Crippen molar-refractivity contribution in [2.24, 2.45) is 0 Å². The molecule has 9 heteroatoms. The summed E-state index contributed by atoms with van der Waals surface area (Å²) in [6.45, 7) is 5.03. The third-order valence-electron chi connectivity index (χ3n) is 5.61. The van der Waals surface area contributed by atoms with E-state index in [4.69, 9.17) is 9.15 Å². The number of hydrogen-bond donors (Lipinski definition) is 0. The van der Waals surface area contributed by atoms with Crippen molar-refractivity contribution in [3.8, 4) is 5.75 Å². The van der Waals surface area contributed by atoms with Gasteiger partial charge in [-0.25, -0.2) is 9.10 Å². The van der Waals surface area contributed by atoms with Crippen molar-refractivity contribution in [2.45, 2.75) is 38.1 Å². The Morgan fingerprint density at radius 1 is 1.00 bits per heavy atom. The number of carbonyl (C=O) groups excluding carboxylic acids is 1. The SMILES string of the molecule is CCOC(=O)c1oc2ccc(SN(CCc3ccccc3)Cc3ccc(OC(F)(F)F)cc3)cc2c1C. The molecule has 5 nitrogen and oxygen atoms in total. The highest BCUT2D eigenvalue weighted by Crippen LogP contribution is 2.33. The van der Waals surface area contributed by atoms with Crippen molar-refractivity contribution in [1.82, 2.24) is 4.31 Å². The summed E-state index contributed by atoms with van der Waals surface area (Å²) in [7, 11) is 0. The molecule has 0 amide bonds. The van der Waals surface area contributed by atoms with Gasteiger partial charge in [0.25, 0.3) is 0 Å². The molecule has 37 heavy (non-hydrogen) atoms. The fourth-order valence-electron chi connectivity index (χ4n) is 3.85. The second-order valence-electron chi connectivity index (χ2n) is 8.32. The molecule has 0 saturated carbocycles. The van der Waals surface area contributed by atoms with Gasteiger partial charge in [-0.2, -0.15) is 0 Å². The van der Waals surface area contributed by atoms with Gasteiger partial charge in [-0.15, -0.1) is 13.2 Å². The molecular formula is C28H26F3NO4S. The lowest BCUT2D eigenvalue weighted by atomic mass is 10.1. The molecule has 194 valence electrons. The lowest BCUT2D eigenvalue weighted by Gasteiger charge is -2.22. The highest BCUT2D eigenvalue weighted by molar-refractivity contribution is 7.97. The summed E-state index contributed by atoms with van der Waals surface area (Å²) in [6.07, 6.45) is -3.93. The Bertz CT molecular complexity index is 1340. The smallest absolute Gasteiger partial charge is 0.460 e. The molecule has 0 atom stereocenters. The molecule has 0 N–H and O–H groups in total. The van der Waals surface area contributed by atoms with Gasteiger partial charge in [0.15, 0.2) is 0 Å². The van der Waals surface area contributed by atoms with Gasteiger partial charge in [-0.3, -0.25) is 0 Å². The first-order chi connectivity index (χ1) is 17.7. The number of benzene rings is 3. The number of halogens is 3. The number of furan rings is 1. The fourth-order valence-corrected chi connectivity index (χ4v) is 4.85. The molecule has 4 aromatic rings. The van der Waals surface area contributed by atoms with Crippen LogP contribution in [0.1, 0.15) is 34.2 Å². The summed E-state index contributed by atoms with van der Waals surface area (Å²) >= 11 is 1.53. The van der Waals surface area contributed by atoms with Crippen LogP contribution in [0.4, 0.5) is 13.2 Å². The monoisotopic (exact) mass is 529 g/mol. The van der Waals surface area contributed by atoms with Crippen molar-refractivity contribution < 1.29 is 31.9 Å². The third kappa shape index (κ3) is 7.30. The van der Waals surface area contributed by atoms with E-state index >= 15 is 0 Å². The standard InChI is InChI=1S/C28H26F3NO4S/c1-3-34-27(33)26-19(2)24-17-23(13-14-25(24)35-26)37-32(16-15-20-7-5-4-6-8-20)18-21-9-11-22(12-10-21)36-28(29,30)31/h4-14,17H,3,15-16,18H2,1-2H3. The van der Waals surface area contributed by atoms with E-state index in [1.807, 2.05) is 43.3 Å². The molecule has 1 aromatic heterocycles. The molecule has 4 rings (SSSR count). The molecular weight excluding hydrogens is 503 g/mol. The van der Waals surface area contributed by atoms with Crippen LogP contribution in [0.15, 0.2) is 82.1 Å². The quantitative estimate of drug-likeness (QED) is 0.156. The van der Waals surface area contributed by atoms with Gasteiger partial charge in [0.1, 0.15) is 11.3 Å². The van der Waals surface area contributed by atoms with E-state index in [9.17, 15) is 18.0 Å². The highest BCUT2D eigenvalue weighted by atomic mass is 32.2. The average Bonchev–Trinajstić information content (AvgIpc) is 3.19. The Labute approximate surface area is 217 Å². The van der Waals surface area contributed by atoms with Crippen molar-refractivity contribution >= 4 is 28.9 Å². The van der Waals surface area contributed by atoms with E-state index in [1.54, 1.807) is 19.1 Å². The lowest BCUT2D eigenvalue weighted by molar-refractivity contribution is -0.274. The summed E-state index contributed by atoms with van der Waals surface area (Å²) in [5, 5.41) is 0.824. The van der Waals surface area contributed by atoms with E-state index in [0.29, 0.717) is 24.2 Å². The zero-order valence-corrected chi connectivity index (χ0v) is 21.2. The Balaban J connectivity index is 1.54. The Morgan fingerprint density at radius 2 is 1.73 bits per heavy atom. The number of hydrogen-bond acceptors (Lipinski definition) is 6. The molecule has 0 unspecified atom stereocenters. The maximum atomic E-state index is 12.5. The van der Waals surface area contributed by atoms with Crippen LogP contribution in [0, 0.1) is 6.92 Å². The number of aryl methyl sites for hydroxylation is 1. The van der Waals surface area contributed by atoms with Crippen LogP contribution in [0.25, 0.3) is 11.0 Å². The van der Waals surface area contributed by atoms with Crippen LogP contribution in [0.5, 0.6) is 5.75 Å². The number of fused-ring (bicyclic) bond motifs is 1. The summed E-state index contributed by atoms with van der Waals surface area (Å²) in [6, 6.07) is 21.7. The van der Waals surface area contributed by atoms with Crippen LogP contribution in [0.3, 0.4) is 0 Å². The van der Waals surface area contributed by atoms with Gasteiger partial charge in [0, 0.05) is 28.9 Å². The van der Waals surface area contributed by atoms with E-state index in [-0.39, 0.29) is 18.1 Å². The van der Waals surface area contributed by atoms with Crippen molar-refractivity contribution in [3.63, 3.8) is 0 Å². The predicted molar refractivity (Wildman–Crippen MR) is 136 cm³/mol. The molecule has 0 aliphatic carbocycles. The molecule has 0 fully saturated rings. The molecule has 0 aliphatic heterocycles. The zero-order chi connectivity index (χ0) is 26.4. The molecule has 0 saturated heterocycles. The molecule has 0 bridgehead atoms. The van der Waals surface area contributed by atoms with E-state index in [2.05, 4.69) is 21.2 Å². The Hall–Kier alpha value is -3.43. The van der Waals surface area contributed by atoms with E-state index < -0.39 is 12.3 Å². The summed E-state index contributed by atoms with van der Waals surface area (Å²) in [5.74, 6) is -0.549. The van der Waals surface area contributed by atoms with E-state index in [0.717, 1.165) is 22.3 Å². The average molecular weight is 530 g/mol. The van der Waals surface area contributed by atoms with Crippen LogP contribution >= 0.6 is 11.9 Å². The minimum atomic E-state index is -4.73. The Kier molecular flexibility index (Phi) is 8.45. The first kappa shape index (κ1) is 26.6. The van der Waals surface area contributed by atoms with Gasteiger partial charge < -0.3 is 13.9 Å². The van der Waals surface area contributed by atoms with Crippen molar-refractivity contribution in [1.29, 1.82) is 0 Å². The number of esters is 1. The third-order valence-corrected chi connectivity index (χ3v) is 6.65. The number of carbonyl (C=O) groups is 1. The first-order valence-electron chi connectivity index (χ1n) is 11.7. The number of ether oxygens (including phenoxy) is 2. The highest BCUT2D eigenvalue weighted by Gasteiger charge is 2.31. The normalized spacial score (nSPS) is 11.7. The van der Waals surface area contributed by atoms with Gasteiger partial charge in [0.05, 0.1) is 6.61 Å². The number of alkyl halides is 3. The van der Waals surface area contributed by atoms with Gasteiger partial charge in [-0.1, -0.05) is 42.5 Å². The predicted octanol–water partition coefficient (Wildman–Crippen LogP) is 7.57. The molecule has 0 radical (unpaired) electrons. The summed E-state index contributed by atoms with van der Waals surface area (Å²) in [5.41, 5.74) is 3.34. The second-order valence-corrected chi connectivity index (χ2v) is 9.49. The van der Waals surface area contributed by atoms with Crippen LogP contribution in [0.2, 0.25) is 0 Å². The molecule has 3 aromatic carbocycles. The number of nitrogens with zero attached hydrogens (tertiary/aromatic N) is 1. The minimum Gasteiger partial charge on any atom is -0.460 e. The lowest BCUT2D eigenvalue weighted by Crippen LogP contribution is -2.19. The Morgan fingerprint density at radius 3 is 2.41 bits per heavy atom. The van der Waals surface area contributed by atoms with E-state index in [1.165, 1.54) is 29.6 Å². The first-order valence-corrected chi connectivity index (χ1v) is 12.5. The van der Waals surface area contributed by atoms with Gasteiger partial charge in [-0.05, 0) is 73.7 Å². The zero-order valence-electron chi connectivity index (χ0n) is 20.4. The summed E-state index contributed by atoms with van der Waals surface area (Å²) in [4.78, 5) is 13.2. The minimum absolute atomic E-state index is 0.195. The second kappa shape index (κ2) is 11.7. The van der Waals surface area contributed by atoms with Crippen LogP contribution < -0.4 is 4.74 Å². The maximum Gasteiger partial charge on any atom is 0.573 e. The van der Waals surface area contributed by atoms with Crippen molar-refractivity contribution in [2.75, 3.05) is 13.2 Å².